The summed E-state index contributed by atoms with van der Waals surface area (Å²) in [6.07, 6.45) is -0.489. The first-order valence-corrected chi connectivity index (χ1v) is 12.7. The number of halogens is 6. The highest BCUT2D eigenvalue weighted by atomic mass is 35.5. The third-order valence-electron chi connectivity index (χ3n) is 5.22. The van der Waals surface area contributed by atoms with Gasteiger partial charge in [-0.2, -0.15) is 0 Å². The summed E-state index contributed by atoms with van der Waals surface area (Å²) in [6.45, 7) is 6.66. The number of alkyl halides is 6. The Labute approximate surface area is 228 Å². The first-order valence-electron chi connectivity index (χ1n) is 10.1. The molecule has 0 spiro atoms. The second-order valence-electron chi connectivity index (χ2n) is 7.90. The highest BCUT2D eigenvalue weighted by Gasteiger charge is 2.45. The van der Waals surface area contributed by atoms with Gasteiger partial charge in [0.25, 0.3) is 0 Å². The Morgan fingerprint density at radius 2 is 1.35 bits per heavy atom. The Morgan fingerprint density at radius 3 is 1.62 bits per heavy atom. The number of hydrogen-bond acceptors (Lipinski definition) is 5. The van der Waals surface area contributed by atoms with Crippen molar-refractivity contribution in [2.75, 3.05) is 0 Å². The molecule has 1 aliphatic rings. The van der Waals surface area contributed by atoms with Crippen molar-refractivity contribution in [2.45, 2.75) is 72.8 Å². The van der Waals surface area contributed by atoms with Gasteiger partial charge < -0.3 is 20.4 Å². The van der Waals surface area contributed by atoms with Crippen LogP contribution >= 0.6 is 69.6 Å². The molecule has 14 heteroatoms. The number of carbonyl (C=O) groups excluding carboxylic acids is 2. The maximum atomic E-state index is 11.5. The third kappa shape index (κ3) is 11.2. The minimum atomic E-state index is -1.23. The van der Waals surface area contributed by atoms with Crippen molar-refractivity contribution in [1.29, 1.82) is 0 Å². The van der Waals surface area contributed by atoms with Crippen LogP contribution in [0, 0.1) is 23.7 Å². The standard InChI is InChI=1S/C10H15Cl3O4.C10H13Cl3O3.H2O/c1-4(11)8(9(13)5(2)12)6(10(16)17)3-7(14)15;1-4(11)8(9(13)5(2)12)6-3-7(14)16-10(6)15;/h4-6,8-9H,3H2,1-2H3,(H,14,15)(H,16,17);4-6,8-9H,3H2,1-2H3;1H2. The summed E-state index contributed by atoms with van der Waals surface area (Å²) in [4.78, 5) is 44.2. The topological polar surface area (TPSA) is 149 Å². The van der Waals surface area contributed by atoms with E-state index in [1.807, 2.05) is 0 Å². The SMILES string of the molecule is CC(Cl)C(Cl)C(C(C)Cl)C(CC(=O)O)C(=O)O.CC(Cl)C(Cl)C(C(C)Cl)C1CC(=O)OC1=O.O. The van der Waals surface area contributed by atoms with E-state index in [1.54, 1.807) is 27.7 Å². The van der Waals surface area contributed by atoms with Gasteiger partial charge >= 0.3 is 23.9 Å². The van der Waals surface area contributed by atoms with Crippen LogP contribution in [-0.4, -0.2) is 71.8 Å². The lowest BCUT2D eigenvalue weighted by molar-refractivity contribution is -0.153. The number of aliphatic carboxylic acids is 2. The number of carbonyl (C=O) groups is 4. The van der Waals surface area contributed by atoms with Crippen LogP contribution in [0.4, 0.5) is 0 Å². The zero-order chi connectivity index (χ0) is 26.2. The van der Waals surface area contributed by atoms with Crippen molar-refractivity contribution in [3.63, 3.8) is 0 Å². The Hall–Kier alpha value is -0.220. The lowest BCUT2D eigenvalue weighted by Gasteiger charge is -2.30. The summed E-state index contributed by atoms with van der Waals surface area (Å²) < 4.78 is 4.50. The van der Waals surface area contributed by atoms with E-state index in [1.165, 1.54) is 0 Å². The average molecular weight is 611 g/mol. The third-order valence-corrected chi connectivity index (χ3v) is 7.94. The van der Waals surface area contributed by atoms with Gasteiger partial charge in [-0.25, -0.2) is 0 Å². The summed E-state index contributed by atoms with van der Waals surface area (Å²) in [5, 5.41) is 14.8. The molecule has 1 rings (SSSR count). The smallest absolute Gasteiger partial charge is 0.317 e. The number of ether oxygens (including phenoxy) is 1. The van der Waals surface area contributed by atoms with Crippen LogP contribution in [0.15, 0.2) is 0 Å². The van der Waals surface area contributed by atoms with Gasteiger partial charge in [0.2, 0.25) is 0 Å². The Balaban J connectivity index is 0. The summed E-state index contributed by atoms with van der Waals surface area (Å²) in [5.41, 5.74) is 0. The Bertz CT molecular complexity index is 688. The first-order chi connectivity index (χ1) is 15.0. The number of hydrogen-bond donors (Lipinski definition) is 2. The quantitative estimate of drug-likeness (QED) is 0.200. The zero-order valence-corrected chi connectivity index (χ0v) is 23.4. The molecule has 0 aromatic rings. The van der Waals surface area contributed by atoms with E-state index in [2.05, 4.69) is 4.74 Å². The molecule has 1 aliphatic heterocycles. The van der Waals surface area contributed by atoms with E-state index in [9.17, 15) is 19.2 Å². The Morgan fingerprint density at radius 1 is 0.882 bits per heavy atom. The molecule has 10 unspecified atom stereocenters. The highest BCUT2D eigenvalue weighted by Crippen LogP contribution is 2.36. The maximum absolute atomic E-state index is 11.5. The number of cyclic esters (lactones) is 2. The molecule has 200 valence electrons. The van der Waals surface area contributed by atoms with Crippen molar-refractivity contribution < 1.29 is 39.6 Å². The molecule has 1 fully saturated rings. The van der Waals surface area contributed by atoms with Crippen LogP contribution in [0.2, 0.25) is 0 Å². The molecule has 34 heavy (non-hydrogen) atoms. The zero-order valence-electron chi connectivity index (χ0n) is 18.9. The minimum Gasteiger partial charge on any atom is -0.481 e. The van der Waals surface area contributed by atoms with Crippen molar-refractivity contribution in [2.24, 2.45) is 23.7 Å². The number of carboxylic acids is 2. The largest absolute Gasteiger partial charge is 0.481 e. The monoisotopic (exact) mass is 608 g/mol. The molecular formula is C20H30Cl6O8. The van der Waals surface area contributed by atoms with Crippen molar-refractivity contribution in [3.8, 4) is 0 Å². The molecule has 8 nitrogen and oxygen atoms in total. The molecule has 10 atom stereocenters. The van der Waals surface area contributed by atoms with E-state index in [4.69, 9.17) is 79.8 Å². The predicted molar refractivity (Wildman–Crippen MR) is 134 cm³/mol. The van der Waals surface area contributed by atoms with E-state index in [0.717, 1.165) is 0 Å². The van der Waals surface area contributed by atoms with Gasteiger partial charge in [0.05, 0.1) is 35.4 Å². The first kappa shape index (κ1) is 35.9. The van der Waals surface area contributed by atoms with E-state index >= 15 is 0 Å². The molecule has 0 amide bonds. The molecular weight excluding hydrogens is 581 g/mol. The molecule has 0 aromatic heterocycles. The van der Waals surface area contributed by atoms with Crippen molar-refractivity contribution in [1.82, 2.24) is 0 Å². The summed E-state index contributed by atoms with van der Waals surface area (Å²) >= 11 is 35.8. The summed E-state index contributed by atoms with van der Waals surface area (Å²) in [7, 11) is 0. The minimum absolute atomic E-state index is 0. The fourth-order valence-electron chi connectivity index (χ4n) is 3.56. The lowest BCUT2D eigenvalue weighted by Crippen LogP contribution is -2.39. The number of rotatable bonds is 11. The van der Waals surface area contributed by atoms with Crippen molar-refractivity contribution >= 4 is 93.5 Å². The van der Waals surface area contributed by atoms with E-state index in [0.29, 0.717) is 0 Å². The van der Waals surface area contributed by atoms with Gasteiger partial charge in [-0.3, -0.25) is 19.2 Å². The molecule has 0 radical (unpaired) electrons. The van der Waals surface area contributed by atoms with E-state index < -0.39 is 69.6 Å². The van der Waals surface area contributed by atoms with E-state index in [-0.39, 0.29) is 28.6 Å². The van der Waals surface area contributed by atoms with Crippen LogP contribution in [0.25, 0.3) is 0 Å². The van der Waals surface area contributed by atoms with Crippen molar-refractivity contribution in [3.05, 3.63) is 0 Å². The van der Waals surface area contributed by atoms with Crippen LogP contribution in [0.1, 0.15) is 40.5 Å². The number of esters is 2. The molecule has 0 aliphatic carbocycles. The normalized spacial score (nSPS) is 23.4. The van der Waals surface area contributed by atoms with Gasteiger partial charge in [0.1, 0.15) is 0 Å². The second-order valence-corrected chi connectivity index (χ2v) is 11.7. The van der Waals surface area contributed by atoms with Crippen LogP contribution < -0.4 is 0 Å². The molecule has 1 saturated heterocycles. The summed E-state index contributed by atoms with van der Waals surface area (Å²) in [6, 6.07) is 0. The van der Waals surface area contributed by atoms with Gasteiger partial charge in [0, 0.05) is 33.3 Å². The second kappa shape index (κ2) is 16.5. The van der Waals surface area contributed by atoms with Gasteiger partial charge in [0.15, 0.2) is 0 Å². The highest BCUT2D eigenvalue weighted by molar-refractivity contribution is 6.31. The van der Waals surface area contributed by atoms with Gasteiger partial charge in [-0.1, -0.05) is 0 Å². The fourth-order valence-corrected chi connectivity index (χ4v) is 5.50. The Kier molecular flexibility index (Phi) is 17.5. The lowest BCUT2D eigenvalue weighted by atomic mass is 9.83. The number of carboxylic acid groups (broad SMARTS) is 2. The van der Waals surface area contributed by atoms with Crippen LogP contribution in [-0.2, 0) is 23.9 Å². The summed E-state index contributed by atoms with van der Waals surface area (Å²) in [5.74, 6) is -6.31. The van der Waals surface area contributed by atoms with Gasteiger partial charge in [-0.15, -0.1) is 69.6 Å². The molecule has 0 aromatic carbocycles. The molecule has 0 bridgehead atoms. The van der Waals surface area contributed by atoms with Crippen LogP contribution in [0.5, 0.6) is 0 Å². The fraction of sp³-hybridized carbons (Fsp3) is 0.800. The molecule has 4 N–H and O–H groups in total. The van der Waals surface area contributed by atoms with Gasteiger partial charge in [-0.05, 0) is 27.7 Å². The predicted octanol–water partition coefficient (Wildman–Crippen LogP) is 4.37. The maximum Gasteiger partial charge on any atom is 0.317 e. The molecule has 0 saturated carbocycles. The average Bonchev–Trinajstić information content (AvgIpc) is 2.98. The molecule has 1 heterocycles. The van der Waals surface area contributed by atoms with Crippen LogP contribution in [0.3, 0.4) is 0 Å².